The third-order valence-corrected chi connectivity index (χ3v) is 5.24. The van der Waals surface area contributed by atoms with Crippen molar-refractivity contribution in [3.63, 3.8) is 0 Å². The number of nitrogen functional groups attached to an aromatic ring is 1. The van der Waals surface area contributed by atoms with Crippen molar-refractivity contribution in [1.29, 1.82) is 0 Å². The van der Waals surface area contributed by atoms with E-state index in [2.05, 4.69) is 9.88 Å². The summed E-state index contributed by atoms with van der Waals surface area (Å²) in [4.78, 5) is 11.7. The standard InChI is InChI=1S/C18H24N4O2/c1-23-12-6-7-16-15(10-12)22(8-9-24-16)11-17-20-14-5-3-2-4-13(14)18(19)21-17/h2-5,12,15-16H,6-11H2,1H3,(H2,19,20,21). The molecule has 0 radical (unpaired) electrons. The number of hydrogen-bond acceptors (Lipinski definition) is 6. The molecule has 24 heavy (non-hydrogen) atoms. The van der Waals surface area contributed by atoms with Gasteiger partial charge in [-0.1, -0.05) is 12.1 Å². The van der Waals surface area contributed by atoms with Gasteiger partial charge in [-0.2, -0.15) is 0 Å². The van der Waals surface area contributed by atoms with E-state index >= 15 is 0 Å². The first-order valence-electron chi connectivity index (χ1n) is 8.64. The van der Waals surface area contributed by atoms with Crippen molar-refractivity contribution in [2.45, 2.75) is 44.1 Å². The Morgan fingerprint density at radius 2 is 2.17 bits per heavy atom. The molecule has 1 aliphatic heterocycles. The van der Waals surface area contributed by atoms with Crippen LogP contribution in [0.2, 0.25) is 0 Å². The van der Waals surface area contributed by atoms with E-state index in [-0.39, 0.29) is 0 Å². The minimum absolute atomic E-state index is 0.294. The maximum atomic E-state index is 6.12. The van der Waals surface area contributed by atoms with Crippen LogP contribution >= 0.6 is 0 Å². The van der Waals surface area contributed by atoms with Crippen LogP contribution < -0.4 is 5.73 Å². The SMILES string of the molecule is COC1CCC2OCCN(Cc3nc(N)c4ccccc4n3)C2C1. The largest absolute Gasteiger partial charge is 0.383 e. The minimum atomic E-state index is 0.294. The number of methoxy groups -OCH3 is 1. The van der Waals surface area contributed by atoms with Gasteiger partial charge < -0.3 is 15.2 Å². The quantitative estimate of drug-likeness (QED) is 0.929. The van der Waals surface area contributed by atoms with Crippen LogP contribution in [0.3, 0.4) is 0 Å². The fraction of sp³-hybridized carbons (Fsp3) is 0.556. The highest BCUT2D eigenvalue weighted by atomic mass is 16.5. The highest BCUT2D eigenvalue weighted by Gasteiger charge is 2.38. The fourth-order valence-electron chi connectivity index (χ4n) is 3.96. The van der Waals surface area contributed by atoms with Crippen LogP contribution in [0.15, 0.2) is 24.3 Å². The van der Waals surface area contributed by atoms with Crippen LogP contribution in [0.1, 0.15) is 25.1 Å². The lowest BCUT2D eigenvalue weighted by atomic mass is 9.88. The molecule has 1 aromatic heterocycles. The molecular weight excluding hydrogens is 304 g/mol. The van der Waals surface area contributed by atoms with E-state index < -0.39 is 0 Å². The Morgan fingerprint density at radius 3 is 3.04 bits per heavy atom. The van der Waals surface area contributed by atoms with Crippen LogP contribution in [0, 0.1) is 0 Å². The zero-order chi connectivity index (χ0) is 16.5. The van der Waals surface area contributed by atoms with E-state index in [1.165, 1.54) is 0 Å². The second kappa shape index (κ2) is 6.63. The first-order valence-corrected chi connectivity index (χ1v) is 8.64. The predicted octanol–water partition coefficient (Wildman–Crippen LogP) is 1.98. The summed E-state index contributed by atoms with van der Waals surface area (Å²) in [7, 11) is 1.80. The maximum absolute atomic E-state index is 6.12. The Morgan fingerprint density at radius 1 is 1.29 bits per heavy atom. The zero-order valence-electron chi connectivity index (χ0n) is 14.0. The first kappa shape index (κ1) is 15.7. The number of ether oxygens (including phenoxy) is 2. The first-order chi connectivity index (χ1) is 11.7. The molecule has 1 aromatic carbocycles. The Labute approximate surface area is 142 Å². The number of fused-ring (bicyclic) bond motifs is 2. The van der Waals surface area contributed by atoms with Crippen molar-refractivity contribution in [2.75, 3.05) is 26.0 Å². The van der Waals surface area contributed by atoms with E-state index in [9.17, 15) is 0 Å². The van der Waals surface area contributed by atoms with E-state index in [1.54, 1.807) is 7.11 Å². The fourth-order valence-corrected chi connectivity index (χ4v) is 3.96. The average molecular weight is 328 g/mol. The highest BCUT2D eigenvalue weighted by Crippen LogP contribution is 2.31. The van der Waals surface area contributed by atoms with Gasteiger partial charge in [0.2, 0.25) is 0 Å². The molecule has 0 bridgehead atoms. The Balaban J connectivity index is 1.57. The Bertz CT molecular complexity index is 723. The van der Waals surface area contributed by atoms with Gasteiger partial charge in [0.05, 0.1) is 30.9 Å². The number of nitrogens with zero attached hydrogens (tertiary/aromatic N) is 3. The summed E-state index contributed by atoms with van der Waals surface area (Å²) >= 11 is 0. The number of nitrogens with two attached hydrogens (primary N) is 1. The molecule has 2 aliphatic rings. The van der Waals surface area contributed by atoms with E-state index in [1.807, 2.05) is 24.3 Å². The van der Waals surface area contributed by atoms with E-state index in [0.29, 0.717) is 30.6 Å². The van der Waals surface area contributed by atoms with Gasteiger partial charge in [0.15, 0.2) is 0 Å². The molecule has 6 heteroatoms. The summed E-state index contributed by atoms with van der Waals surface area (Å²) in [6.45, 7) is 2.37. The summed E-state index contributed by atoms with van der Waals surface area (Å²) in [5.41, 5.74) is 7.03. The molecule has 0 amide bonds. The van der Waals surface area contributed by atoms with Crippen molar-refractivity contribution in [3.05, 3.63) is 30.1 Å². The van der Waals surface area contributed by atoms with Crippen molar-refractivity contribution in [2.24, 2.45) is 0 Å². The second-order valence-electron chi connectivity index (χ2n) is 6.66. The summed E-state index contributed by atoms with van der Waals surface area (Å²) in [5, 5.41) is 0.915. The van der Waals surface area contributed by atoms with E-state index in [4.69, 9.17) is 20.2 Å². The molecule has 1 aliphatic carbocycles. The molecule has 2 fully saturated rings. The molecule has 3 atom stereocenters. The molecule has 4 rings (SSSR count). The Kier molecular flexibility index (Phi) is 4.35. The monoisotopic (exact) mass is 328 g/mol. The van der Waals surface area contributed by atoms with Crippen molar-refractivity contribution in [3.8, 4) is 0 Å². The third kappa shape index (κ3) is 2.97. The van der Waals surface area contributed by atoms with Crippen molar-refractivity contribution < 1.29 is 9.47 Å². The van der Waals surface area contributed by atoms with Crippen LogP contribution in [-0.2, 0) is 16.0 Å². The second-order valence-corrected chi connectivity index (χ2v) is 6.66. The molecule has 1 saturated carbocycles. The Hall–Kier alpha value is -1.76. The molecule has 128 valence electrons. The summed E-state index contributed by atoms with van der Waals surface area (Å²) in [5.74, 6) is 1.34. The van der Waals surface area contributed by atoms with Crippen LogP contribution in [-0.4, -0.2) is 53.4 Å². The molecule has 6 nitrogen and oxygen atoms in total. The number of para-hydroxylation sites is 1. The zero-order valence-corrected chi connectivity index (χ0v) is 14.0. The number of rotatable bonds is 3. The average Bonchev–Trinajstić information content (AvgIpc) is 2.62. The lowest BCUT2D eigenvalue weighted by Gasteiger charge is -2.45. The smallest absolute Gasteiger partial charge is 0.145 e. The molecule has 1 saturated heterocycles. The molecule has 2 heterocycles. The minimum Gasteiger partial charge on any atom is -0.383 e. The molecule has 2 N–H and O–H groups in total. The number of benzene rings is 1. The summed E-state index contributed by atoms with van der Waals surface area (Å²) < 4.78 is 11.6. The van der Waals surface area contributed by atoms with Crippen molar-refractivity contribution >= 4 is 16.7 Å². The van der Waals surface area contributed by atoms with Gasteiger partial charge in [-0.25, -0.2) is 9.97 Å². The van der Waals surface area contributed by atoms with Gasteiger partial charge in [0, 0.05) is 25.1 Å². The van der Waals surface area contributed by atoms with Gasteiger partial charge in [-0.05, 0) is 31.4 Å². The van der Waals surface area contributed by atoms with Crippen LogP contribution in [0.25, 0.3) is 10.9 Å². The summed E-state index contributed by atoms with van der Waals surface area (Å²) in [6, 6.07) is 8.26. The number of morpholine rings is 1. The van der Waals surface area contributed by atoms with Gasteiger partial charge in [0.25, 0.3) is 0 Å². The number of anilines is 1. The van der Waals surface area contributed by atoms with E-state index in [0.717, 1.165) is 49.1 Å². The van der Waals surface area contributed by atoms with Gasteiger partial charge in [0.1, 0.15) is 11.6 Å². The highest BCUT2D eigenvalue weighted by molar-refractivity contribution is 5.87. The van der Waals surface area contributed by atoms with Gasteiger partial charge in [-0.3, -0.25) is 4.90 Å². The molecule has 0 spiro atoms. The van der Waals surface area contributed by atoms with Gasteiger partial charge in [-0.15, -0.1) is 0 Å². The summed E-state index contributed by atoms with van der Waals surface area (Å²) in [6.07, 6.45) is 3.75. The van der Waals surface area contributed by atoms with Crippen LogP contribution in [0.4, 0.5) is 5.82 Å². The topological polar surface area (TPSA) is 73.5 Å². The maximum Gasteiger partial charge on any atom is 0.145 e. The third-order valence-electron chi connectivity index (χ3n) is 5.24. The molecule has 2 aromatic rings. The normalized spacial score (nSPS) is 28.0. The van der Waals surface area contributed by atoms with Gasteiger partial charge >= 0.3 is 0 Å². The van der Waals surface area contributed by atoms with Crippen LogP contribution in [0.5, 0.6) is 0 Å². The number of aromatic nitrogens is 2. The molecular formula is C18H24N4O2. The predicted molar refractivity (Wildman–Crippen MR) is 92.5 cm³/mol. The van der Waals surface area contributed by atoms with Crippen molar-refractivity contribution in [1.82, 2.24) is 14.9 Å². The lowest BCUT2D eigenvalue weighted by Crippen LogP contribution is -2.54. The molecule has 3 unspecified atom stereocenters. The lowest BCUT2D eigenvalue weighted by molar-refractivity contribution is -0.116. The number of hydrogen-bond donors (Lipinski definition) is 1.